The Hall–Kier alpha value is -0.960. The van der Waals surface area contributed by atoms with Crippen molar-refractivity contribution in [2.45, 2.75) is 30.5 Å². The Morgan fingerprint density at radius 3 is 2.48 bits per heavy atom. The highest BCUT2D eigenvalue weighted by Crippen LogP contribution is 2.18. The molecule has 1 aromatic heterocycles. The average Bonchev–Trinajstić information content (AvgIpc) is 3.01. The number of rotatable bonds is 6. The van der Waals surface area contributed by atoms with Crippen LogP contribution in [0.3, 0.4) is 0 Å². The van der Waals surface area contributed by atoms with Crippen molar-refractivity contribution < 1.29 is 13.2 Å². The molecule has 0 radical (unpaired) electrons. The summed E-state index contributed by atoms with van der Waals surface area (Å²) in [6.45, 7) is 6.90. The van der Waals surface area contributed by atoms with Gasteiger partial charge in [-0.1, -0.05) is 19.9 Å². The minimum atomic E-state index is -3.65. The van der Waals surface area contributed by atoms with Crippen molar-refractivity contribution in [2.75, 3.05) is 33.2 Å². The molecular formula is C15H25N3O3S2. The molecular weight excluding hydrogens is 334 g/mol. The van der Waals surface area contributed by atoms with E-state index in [1.54, 1.807) is 22.4 Å². The number of carbonyl (C=O) groups excluding carboxylic acids is 1. The summed E-state index contributed by atoms with van der Waals surface area (Å²) in [6.07, 6.45) is 0.496. The number of hydrogen-bond donors (Lipinski definition) is 1. The number of amides is 1. The lowest BCUT2D eigenvalue weighted by Gasteiger charge is -2.35. The largest absolute Gasteiger partial charge is 0.339 e. The molecule has 1 fully saturated rings. The van der Waals surface area contributed by atoms with Crippen LogP contribution >= 0.6 is 11.3 Å². The van der Waals surface area contributed by atoms with Crippen LogP contribution in [0.2, 0.25) is 0 Å². The van der Waals surface area contributed by atoms with Crippen molar-refractivity contribution in [1.82, 2.24) is 14.5 Å². The molecule has 130 valence electrons. The molecule has 1 atom stereocenters. The average molecular weight is 360 g/mol. The first-order valence-corrected chi connectivity index (χ1v) is 10.2. The normalized spacial score (nSPS) is 18.3. The zero-order chi connectivity index (χ0) is 17.0. The second kappa shape index (κ2) is 7.74. The maximum absolute atomic E-state index is 12.8. The van der Waals surface area contributed by atoms with Gasteiger partial charge >= 0.3 is 0 Å². The van der Waals surface area contributed by atoms with Gasteiger partial charge in [0.25, 0.3) is 10.0 Å². The third kappa shape index (κ3) is 5.00. The third-order valence-electron chi connectivity index (χ3n) is 3.88. The zero-order valence-electron chi connectivity index (χ0n) is 13.9. The van der Waals surface area contributed by atoms with Gasteiger partial charge in [0.15, 0.2) is 0 Å². The monoisotopic (exact) mass is 359 g/mol. The SMILES string of the molecule is CC(C)C[C@@H](NS(=O)(=O)c1cccs1)C(=O)N1CCN(C)CC1. The van der Waals surface area contributed by atoms with Crippen LogP contribution in [0, 0.1) is 5.92 Å². The Morgan fingerprint density at radius 2 is 1.96 bits per heavy atom. The second-order valence-electron chi connectivity index (χ2n) is 6.36. The van der Waals surface area contributed by atoms with Crippen molar-refractivity contribution in [2.24, 2.45) is 5.92 Å². The van der Waals surface area contributed by atoms with Crippen molar-refractivity contribution >= 4 is 27.3 Å². The molecule has 1 aliphatic heterocycles. The van der Waals surface area contributed by atoms with Gasteiger partial charge in [-0.05, 0) is 30.8 Å². The van der Waals surface area contributed by atoms with Gasteiger partial charge in [-0.2, -0.15) is 4.72 Å². The number of nitrogens with zero attached hydrogens (tertiary/aromatic N) is 2. The summed E-state index contributed by atoms with van der Waals surface area (Å²) in [7, 11) is -1.62. The van der Waals surface area contributed by atoms with E-state index >= 15 is 0 Å². The number of piperazine rings is 1. The molecule has 1 saturated heterocycles. The summed E-state index contributed by atoms with van der Waals surface area (Å²) < 4.78 is 27.8. The quantitative estimate of drug-likeness (QED) is 0.829. The lowest BCUT2D eigenvalue weighted by molar-refractivity contribution is -0.135. The molecule has 2 rings (SSSR count). The second-order valence-corrected chi connectivity index (χ2v) is 9.25. The Kier molecular flexibility index (Phi) is 6.19. The number of sulfonamides is 1. The predicted octanol–water partition coefficient (Wildman–Crippen LogP) is 1.22. The molecule has 0 bridgehead atoms. The van der Waals surface area contributed by atoms with E-state index in [-0.39, 0.29) is 16.0 Å². The Bertz CT molecular complexity index is 606. The summed E-state index contributed by atoms with van der Waals surface area (Å²) in [6, 6.07) is 2.55. The standard InChI is InChI=1S/C15H25N3O3S2/c1-12(2)11-13(15(19)18-8-6-17(3)7-9-18)16-23(20,21)14-5-4-10-22-14/h4-5,10,12-13,16H,6-9,11H2,1-3H3/t13-/m1/s1. The fourth-order valence-corrected chi connectivity index (χ4v) is 4.79. The summed E-state index contributed by atoms with van der Waals surface area (Å²) in [4.78, 5) is 16.7. The van der Waals surface area contributed by atoms with Gasteiger partial charge in [-0.15, -0.1) is 11.3 Å². The molecule has 0 aliphatic carbocycles. The van der Waals surface area contributed by atoms with Crippen molar-refractivity contribution in [3.63, 3.8) is 0 Å². The third-order valence-corrected chi connectivity index (χ3v) is 6.75. The molecule has 0 aromatic carbocycles. The molecule has 1 amide bonds. The van der Waals surface area contributed by atoms with Crippen molar-refractivity contribution in [3.05, 3.63) is 17.5 Å². The molecule has 0 saturated carbocycles. The van der Waals surface area contributed by atoms with Gasteiger partial charge in [0.1, 0.15) is 10.3 Å². The first-order chi connectivity index (χ1) is 10.8. The maximum atomic E-state index is 12.8. The summed E-state index contributed by atoms with van der Waals surface area (Å²) >= 11 is 1.16. The smallest absolute Gasteiger partial charge is 0.250 e. The lowest BCUT2D eigenvalue weighted by Crippen LogP contribution is -2.54. The van der Waals surface area contributed by atoms with E-state index in [1.807, 2.05) is 20.9 Å². The molecule has 1 aliphatic rings. The van der Waals surface area contributed by atoms with E-state index in [9.17, 15) is 13.2 Å². The van der Waals surface area contributed by atoms with Gasteiger partial charge in [0.05, 0.1) is 0 Å². The minimum absolute atomic E-state index is 0.119. The van der Waals surface area contributed by atoms with E-state index in [0.29, 0.717) is 19.5 Å². The molecule has 8 heteroatoms. The predicted molar refractivity (Wildman–Crippen MR) is 92.0 cm³/mol. The van der Waals surface area contributed by atoms with Crippen LogP contribution in [0.1, 0.15) is 20.3 Å². The Morgan fingerprint density at radius 1 is 1.30 bits per heavy atom. The van der Waals surface area contributed by atoms with Crippen molar-refractivity contribution in [3.8, 4) is 0 Å². The van der Waals surface area contributed by atoms with E-state index in [2.05, 4.69) is 9.62 Å². The molecule has 0 unspecified atom stereocenters. The summed E-state index contributed by atoms with van der Waals surface area (Å²) in [5.74, 6) is 0.106. The number of carbonyl (C=O) groups is 1. The van der Waals surface area contributed by atoms with Crippen LogP contribution in [-0.4, -0.2) is 63.4 Å². The molecule has 23 heavy (non-hydrogen) atoms. The summed E-state index contributed by atoms with van der Waals surface area (Å²) in [5.41, 5.74) is 0. The molecule has 2 heterocycles. The van der Waals surface area contributed by atoms with Crippen LogP contribution in [0.4, 0.5) is 0 Å². The van der Waals surface area contributed by atoms with E-state index in [0.717, 1.165) is 24.4 Å². The van der Waals surface area contributed by atoms with Crippen LogP contribution < -0.4 is 4.72 Å². The van der Waals surface area contributed by atoms with Gasteiger partial charge in [-0.25, -0.2) is 8.42 Å². The van der Waals surface area contributed by atoms with Gasteiger partial charge in [0.2, 0.25) is 5.91 Å². The molecule has 1 N–H and O–H groups in total. The first kappa shape index (κ1) is 18.4. The van der Waals surface area contributed by atoms with Crippen LogP contribution in [0.25, 0.3) is 0 Å². The fraction of sp³-hybridized carbons (Fsp3) is 0.667. The molecule has 1 aromatic rings. The Labute approximate surface area is 142 Å². The summed E-state index contributed by atoms with van der Waals surface area (Å²) in [5, 5.41) is 1.72. The number of nitrogens with one attached hydrogen (secondary N) is 1. The minimum Gasteiger partial charge on any atom is -0.339 e. The molecule has 0 spiro atoms. The Balaban J connectivity index is 2.12. The highest BCUT2D eigenvalue weighted by molar-refractivity contribution is 7.91. The number of thiophene rings is 1. The van der Waals surface area contributed by atoms with Gasteiger partial charge in [0, 0.05) is 26.2 Å². The zero-order valence-corrected chi connectivity index (χ0v) is 15.5. The highest BCUT2D eigenvalue weighted by Gasteiger charge is 2.31. The topological polar surface area (TPSA) is 69.7 Å². The maximum Gasteiger partial charge on any atom is 0.250 e. The number of likely N-dealkylation sites (N-methyl/N-ethyl adjacent to an activating group) is 1. The fourth-order valence-electron chi connectivity index (χ4n) is 2.58. The first-order valence-electron chi connectivity index (χ1n) is 7.83. The van der Waals surface area contributed by atoms with Crippen LogP contribution in [0.15, 0.2) is 21.7 Å². The van der Waals surface area contributed by atoms with E-state index < -0.39 is 16.1 Å². The van der Waals surface area contributed by atoms with Crippen LogP contribution in [0.5, 0.6) is 0 Å². The van der Waals surface area contributed by atoms with Crippen LogP contribution in [-0.2, 0) is 14.8 Å². The van der Waals surface area contributed by atoms with Gasteiger partial charge < -0.3 is 9.80 Å². The van der Waals surface area contributed by atoms with Crippen molar-refractivity contribution in [1.29, 1.82) is 0 Å². The highest BCUT2D eigenvalue weighted by atomic mass is 32.2. The van der Waals surface area contributed by atoms with E-state index in [1.165, 1.54) is 0 Å². The van der Waals surface area contributed by atoms with Gasteiger partial charge in [-0.3, -0.25) is 4.79 Å². The molecule has 6 nitrogen and oxygen atoms in total. The number of hydrogen-bond acceptors (Lipinski definition) is 5. The van der Waals surface area contributed by atoms with E-state index in [4.69, 9.17) is 0 Å². The lowest BCUT2D eigenvalue weighted by atomic mass is 10.0.